The fraction of sp³-hybridized carbons (Fsp3) is 0.692. The molecule has 0 radical (unpaired) electrons. The zero-order chi connectivity index (χ0) is 11.8. The number of hydrogen-bond acceptors (Lipinski definition) is 3. The summed E-state index contributed by atoms with van der Waals surface area (Å²) in [5, 5.41) is 3.52. The minimum atomic E-state index is 0.721. The smallest absolute Gasteiger partial charge is 0.169 e. The predicted octanol–water partition coefficient (Wildman–Crippen LogP) is 2.47. The lowest BCUT2D eigenvalue weighted by molar-refractivity contribution is 0.194. The van der Waals surface area contributed by atoms with Gasteiger partial charge in [-0.05, 0) is 59.4 Å². The maximum absolute atomic E-state index is 5.62. The van der Waals surface area contributed by atoms with Crippen molar-refractivity contribution in [3.63, 3.8) is 0 Å². The average Bonchev–Trinajstić information content (AvgIpc) is 2.95. The van der Waals surface area contributed by atoms with Crippen LogP contribution < -0.4 is 5.32 Å². The Morgan fingerprint density at radius 2 is 2.35 bits per heavy atom. The number of fused-ring (bicyclic) bond motifs is 1. The Hall–Kier alpha value is -0.320. The summed E-state index contributed by atoms with van der Waals surface area (Å²) < 4.78 is 6.45. The molecule has 1 aromatic rings. The number of likely N-dealkylation sites (tertiary alicyclic amines) is 1. The standard InChI is InChI=1S/C13H19BrN2O/c1-2-12-11-6-15-5-9(11)7-16(12)8-10-3-4-13(14)17-10/h3-4,9,11-12,15H,2,5-8H2,1H3. The first-order chi connectivity index (χ1) is 8.28. The predicted molar refractivity (Wildman–Crippen MR) is 70.7 cm³/mol. The summed E-state index contributed by atoms with van der Waals surface area (Å²) in [6.45, 7) is 6.86. The summed E-state index contributed by atoms with van der Waals surface area (Å²) in [6, 6.07) is 4.77. The van der Waals surface area contributed by atoms with E-state index in [-0.39, 0.29) is 0 Å². The maximum atomic E-state index is 5.62. The fourth-order valence-corrected chi connectivity index (χ4v) is 3.83. The number of hydrogen-bond donors (Lipinski definition) is 1. The summed E-state index contributed by atoms with van der Waals surface area (Å²) >= 11 is 3.37. The molecule has 2 aliphatic heterocycles. The molecule has 3 rings (SSSR count). The van der Waals surface area contributed by atoms with E-state index in [1.807, 2.05) is 6.07 Å². The lowest BCUT2D eigenvalue weighted by Crippen LogP contribution is -2.34. The van der Waals surface area contributed by atoms with Gasteiger partial charge in [-0.25, -0.2) is 0 Å². The number of halogens is 1. The molecule has 3 heterocycles. The molecule has 3 nitrogen and oxygen atoms in total. The summed E-state index contributed by atoms with van der Waals surface area (Å²) in [5.74, 6) is 2.76. The van der Waals surface area contributed by atoms with Crippen molar-refractivity contribution in [1.82, 2.24) is 10.2 Å². The van der Waals surface area contributed by atoms with Gasteiger partial charge < -0.3 is 9.73 Å². The lowest BCUT2D eigenvalue weighted by Gasteiger charge is -2.25. The molecule has 0 aliphatic carbocycles. The monoisotopic (exact) mass is 298 g/mol. The Morgan fingerprint density at radius 3 is 3.06 bits per heavy atom. The van der Waals surface area contributed by atoms with Gasteiger partial charge in [-0.2, -0.15) is 0 Å². The number of furan rings is 1. The van der Waals surface area contributed by atoms with Crippen LogP contribution in [0.2, 0.25) is 0 Å². The molecular formula is C13H19BrN2O. The van der Waals surface area contributed by atoms with E-state index in [9.17, 15) is 0 Å². The van der Waals surface area contributed by atoms with E-state index in [0.717, 1.165) is 34.9 Å². The third kappa shape index (κ3) is 2.18. The van der Waals surface area contributed by atoms with Gasteiger partial charge in [0.25, 0.3) is 0 Å². The third-order valence-electron chi connectivity index (χ3n) is 4.23. The fourth-order valence-electron chi connectivity index (χ4n) is 3.49. The van der Waals surface area contributed by atoms with Crippen molar-refractivity contribution >= 4 is 15.9 Å². The Balaban J connectivity index is 1.71. The van der Waals surface area contributed by atoms with Crippen molar-refractivity contribution < 1.29 is 4.42 Å². The van der Waals surface area contributed by atoms with Crippen molar-refractivity contribution in [2.75, 3.05) is 19.6 Å². The van der Waals surface area contributed by atoms with Crippen molar-refractivity contribution in [3.8, 4) is 0 Å². The van der Waals surface area contributed by atoms with Gasteiger partial charge in [-0.1, -0.05) is 6.92 Å². The molecule has 0 spiro atoms. The van der Waals surface area contributed by atoms with Gasteiger partial charge in [0.05, 0.1) is 6.54 Å². The van der Waals surface area contributed by atoms with Crippen molar-refractivity contribution in [3.05, 3.63) is 22.6 Å². The highest BCUT2D eigenvalue weighted by Crippen LogP contribution is 2.35. The Kier molecular flexibility index (Phi) is 3.28. The highest BCUT2D eigenvalue weighted by molar-refractivity contribution is 9.10. The number of nitrogens with one attached hydrogen (secondary N) is 1. The van der Waals surface area contributed by atoms with Crippen LogP contribution in [0.3, 0.4) is 0 Å². The van der Waals surface area contributed by atoms with Crippen LogP contribution in [0.15, 0.2) is 21.2 Å². The summed E-state index contributed by atoms with van der Waals surface area (Å²) in [4.78, 5) is 2.60. The van der Waals surface area contributed by atoms with Crippen molar-refractivity contribution in [2.24, 2.45) is 11.8 Å². The van der Waals surface area contributed by atoms with Crippen LogP contribution in [0.5, 0.6) is 0 Å². The topological polar surface area (TPSA) is 28.4 Å². The minimum Gasteiger partial charge on any atom is -0.453 e. The molecule has 3 unspecified atom stereocenters. The van der Waals surface area contributed by atoms with Gasteiger partial charge in [0.2, 0.25) is 0 Å². The quantitative estimate of drug-likeness (QED) is 0.929. The van der Waals surface area contributed by atoms with Gasteiger partial charge in [-0.15, -0.1) is 0 Å². The molecule has 94 valence electrons. The van der Waals surface area contributed by atoms with E-state index < -0.39 is 0 Å². The molecule has 0 saturated carbocycles. The molecule has 0 aromatic carbocycles. The minimum absolute atomic E-state index is 0.721. The van der Waals surface area contributed by atoms with Crippen LogP contribution in [-0.4, -0.2) is 30.6 Å². The van der Waals surface area contributed by atoms with E-state index in [1.165, 1.54) is 26.1 Å². The zero-order valence-electron chi connectivity index (χ0n) is 10.2. The van der Waals surface area contributed by atoms with E-state index in [1.54, 1.807) is 0 Å². The summed E-state index contributed by atoms with van der Waals surface area (Å²) in [5.41, 5.74) is 0. The Labute approximate surface area is 111 Å². The van der Waals surface area contributed by atoms with E-state index >= 15 is 0 Å². The maximum Gasteiger partial charge on any atom is 0.169 e. The molecule has 3 atom stereocenters. The second-order valence-electron chi connectivity index (χ2n) is 5.19. The van der Waals surface area contributed by atoms with Crippen LogP contribution in [0.4, 0.5) is 0 Å². The molecule has 17 heavy (non-hydrogen) atoms. The first kappa shape index (κ1) is 11.8. The zero-order valence-corrected chi connectivity index (χ0v) is 11.7. The molecule has 2 saturated heterocycles. The molecule has 0 amide bonds. The summed E-state index contributed by atoms with van der Waals surface area (Å²) in [7, 11) is 0. The molecule has 1 aromatic heterocycles. The molecule has 2 aliphatic rings. The molecule has 0 bridgehead atoms. The molecule has 1 N–H and O–H groups in total. The van der Waals surface area contributed by atoms with Crippen LogP contribution in [0.25, 0.3) is 0 Å². The van der Waals surface area contributed by atoms with Crippen LogP contribution in [0, 0.1) is 11.8 Å². The first-order valence-electron chi connectivity index (χ1n) is 6.47. The lowest BCUT2D eigenvalue weighted by atomic mass is 9.93. The SMILES string of the molecule is CCC1C2CNCC2CN1Cc1ccc(Br)o1. The Morgan fingerprint density at radius 1 is 1.47 bits per heavy atom. The van der Waals surface area contributed by atoms with Crippen LogP contribution in [-0.2, 0) is 6.54 Å². The Bertz CT molecular complexity index is 393. The summed E-state index contributed by atoms with van der Waals surface area (Å²) in [6.07, 6.45) is 1.24. The molecule has 4 heteroatoms. The van der Waals surface area contributed by atoms with E-state index in [0.29, 0.717) is 0 Å². The highest BCUT2D eigenvalue weighted by atomic mass is 79.9. The van der Waals surface area contributed by atoms with Gasteiger partial charge >= 0.3 is 0 Å². The molecular weight excluding hydrogens is 280 g/mol. The van der Waals surface area contributed by atoms with Crippen LogP contribution in [0.1, 0.15) is 19.1 Å². The number of rotatable bonds is 3. The largest absolute Gasteiger partial charge is 0.453 e. The van der Waals surface area contributed by atoms with Gasteiger partial charge in [0.1, 0.15) is 5.76 Å². The highest BCUT2D eigenvalue weighted by Gasteiger charge is 2.43. The average molecular weight is 299 g/mol. The van der Waals surface area contributed by atoms with E-state index in [2.05, 4.69) is 39.1 Å². The number of nitrogens with zero attached hydrogens (tertiary/aromatic N) is 1. The normalized spacial score (nSPS) is 33.2. The third-order valence-corrected chi connectivity index (χ3v) is 4.66. The van der Waals surface area contributed by atoms with Crippen molar-refractivity contribution in [1.29, 1.82) is 0 Å². The molecule has 2 fully saturated rings. The second kappa shape index (κ2) is 4.75. The van der Waals surface area contributed by atoms with Gasteiger partial charge in [0.15, 0.2) is 4.67 Å². The van der Waals surface area contributed by atoms with Gasteiger partial charge in [0, 0.05) is 12.6 Å². The van der Waals surface area contributed by atoms with E-state index in [4.69, 9.17) is 4.42 Å². The van der Waals surface area contributed by atoms with Crippen molar-refractivity contribution in [2.45, 2.75) is 25.9 Å². The van der Waals surface area contributed by atoms with Gasteiger partial charge in [-0.3, -0.25) is 4.90 Å². The first-order valence-corrected chi connectivity index (χ1v) is 7.26. The second-order valence-corrected chi connectivity index (χ2v) is 5.97. The van der Waals surface area contributed by atoms with Crippen LogP contribution >= 0.6 is 15.9 Å².